The molecule has 146 valence electrons. The van der Waals surface area contributed by atoms with Gasteiger partial charge in [0.2, 0.25) is 0 Å². The maximum absolute atomic E-state index is 13.1. The SMILES string of the molecule is COc1ccc(C)c2sc(N(CCCN(C)C)C(=O)c3cccs3)nc12.Cl. The molecule has 8 heteroatoms. The summed E-state index contributed by atoms with van der Waals surface area (Å²) in [5, 5.41) is 2.65. The number of methoxy groups -OCH3 is 1. The Bertz CT molecular complexity index is 894. The third-order valence-corrected chi connectivity index (χ3v) is 6.18. The molecule has 0 aliphatic rings. The third kappa shape index (κ3) is 4.79. The number of anilines is 1. The highest BCUT2D eigenvalue weighted by Crippen LogP contribution is 2.37. The van der Waals surface area contributed by atoms with Gasteiger partial charge in [0.05, 0.1) is 16.7 Å². The molecule has 0 saturated heterocycles. The van der Waals surface area contributed by atoms with Gasteiger partial charge in [0.25, 0.3) is 5.91 Å². The van der Waals surface area contributed by atoms with Gasteiger partial charge in [0.1, 0.15) is 11.3 Å². The Morgan fingerprint density at radius 2 is 2.00 bits per heavy atom. The molecule has 3 rings (SSSR count). The Kier molecular flexibility index (Phi) is 7.61. The first-order chi connectivity index (χ1) is 12.5. The van der Waals surface area contributed by atoms with Gasteiger partial charge >= 0.3 is 0 Å². The van der Waals surface area contributed by atoms with Crippen molar-refractivity contribution in [2.45, 2.75) is 13.3 Å². The van der Waals surface area contributed by atoms with Gasteiger partial charge < -0.3 is 9.64 Å². The second-order valence-corrected chi connectivity index (χ2v) is 8.28. The number of halogens is 1. The molecule has 0 N–H and O–H groups in total. The van der Waals surface area contributed by atoms with Crippen LogP contribution in [0.5, 0.6) is 5.75 Å². The second-order valence-electron chi connectivity index (χ2n) is 6.35. The lowest BCUT2D eigenvalue weighted by Crippen LogP contribution is -2.32. The molecule has 27 heavy (non-hydrogen) atoms. The van der Waals surface area contributed by atoms with Crippen molar-refractivity contribution in [3.63, 3.8) is 0 Å². The van der Waals surface area contributed by atoms with Crippen molar-refractivity contribution in [2.75, 3.05) is 39.2 Å². The fraction of sp³-hybridized carbons (Fsp3) is 0.368. The molecule has 0 unspecified atom stereocenters. The van der Waals surface area contributed by atoms with Crippen LogP contribution in [0.25, 0.3) is 10.2 Å². The fourth-order valence-electron chi connectivity index (χ4n) is 2.74. The predicted molar refractivity (Wildman–Crippen MR) is 117 cm³/mol. The van der Waals surface area contributed by atoms with Crippen LogP contribution in [0.1, 0.15) is 21.7 Å². The summed E-state index contributed by atoms with van der Waals surface area (Å²) in [5.41, 5.74) is 1.96. The van der Waals surface area contributed by atoms with E-state index in [0.29, 0.717) is 6.54 Å². The van der Waals surface area contributed by atoms with E-state index in [2.05, 4.69) is 11.8 Å². The Morgan fingerprint density at radius 3 is 2.63 bits per heavy atom. The molecule has 3 aromatic rings. The van der Waals surface area contributed by atoms with Gasteiger partial charge in [-0.2, -0.15) is 0 Å². The maximum atomic E-state index is 13.1. The molecule has 0 bridgehead atoms. The molecule has 0 spiro atoms. The largest absolute Gasteiger partial charge is 0.494 e. The van der Waals surface area contributed by atoms with Gasteiger partial charge in [-0.1, -0.05) is 23.5 Å². The van der Waals surface area contributed by atoms with E-state index < -0.39 is 0 Å². The number of ether oxygens (including phenoxy) is 1. The Hall–Kier alpha value is -1.67. The summed E-state index contributed by atoms with van der Waals surface area (Å²) in [6, 6.07) is 7.73. The van der Waals surface area contributed by atoms with E-state index in [1.54, 1.807) is 23.3 Å². The highest BCUT2D eigenvalue weighted by molar-refractivity contribution is 7.22. The zero-order chi connectivity index (χ0) is 18.7. The molecule has 2 heterocycles. The fourth-order valence-corrected chi connectivity index (χ4v) is 4.49. The van der Waals surface area contributed by atoms with Crippen LogP contribution < -0.4 is 9.64 Å². The number of thiophene rings is 1. The van der Waals surface area contributed by atoms with Crippen LogP contribution in [0.4, 0.5) is 5.13 Å². The van der Waals surface area contributed by atoms with E-state index in [9.17, 15) is 4.79 Å². The number of hydrogen-bond acceptors (Lipinski definition) is 6. The summed E-state index contributed by atoms with van der Waals surface area (Å²) in [4.78, 5) is 22.5. The average Bonchev–Trinajstić information content (AvgIpc) is 3.28. The zero-order valence-electron chi connectivity index (χ0n) is 15.9. The van der Waals surface area contributed by atoms with Crippen molar-refractivity contribution < 1.29 is 9.53 Å². The van der Waals surface area contributed by atoms with Gasteiger partial charge in [0, 0.05) is 6.54 Å². The predicted octanol–water partition coefficient (Wildman–Crippen LogP) is 4.70. The lowest BCUT2D eigenvalue weighted by atomic mass is 10.2. The normalized spacial score (nSPS) is 10.9. The number of thiazole rings is 1. The van der Waals surface area contributed by atoms with Gasteiger partial charge in [-0.25, -0.2) is 4.98 Å². The van der Waals surface area contributed by atoms with Crippen molar-refractivity contribution in [1.82, 2.24) is 9.88 Å². The molecule has 2 aromatic heterocycles. The summed E-state index contributed by atoms with van der Waals surface area (Å²) >= 11 is 3.01. The number of benzene rings is 1. The first-order valence-electron chi connectivity index (χ1n) is 8.45. The maximum Gasteiger partial charge on any atom is 0.270 e. The summed E-state index contributed by atoms with van der Waals surface area (Å²) in [6.07, 6.45) is 0.885. The van der Waals surface area contributed by atoms with Crippen LogP contribution in [-0.2, 0) is 0 Å². The van der Waals surface area contributed by atoms with Crippen molar-refractivity contribution in [2.24, 2.45) is 0 Å². The summed E-state index contributed by atoms with van der Waals surface area (Å²) in [5.74, 6) is 0.749. The second kappa shape index (κ2) is 9.50. The van der Waals surface area contributed by atoms with Crippen LogP contribution in [-0.4, -0.2) is 50.1 Å². The smallest absolute Gasteiger partial charge is 0.270 e. The van der Waals surface area contributed by atoms with Crippen molar-refractivity contribution in [3.05, 3.63) is 40.1 Å². The van der Waals surface area contributed by atoms with Crippen molar-refractivity contribution in [3.8, 4) is 5.75 Å². The van der Waals surface area contributed by atoms with Gasteiger partial charge in [-0.15, -0.1) is 23.7 Å². The monoisotopic (exact) mass is 425 g/mol. The number of aromatic nitrogens is 1. The molecule has 0 saturated carbocycles. The molecule has 0 aliphatic heterocycles. The van der Waals surface area contributed by atoms with Crippen LogP contribution in [0.15, 0.2) is 29.6 Å². The third-order valence-electron chi connectivity index (χ3n) is 4.11. The van der Waals surface area contributed by atoms with E-state index in [1.165, 1.54) is 11.3 Å². The summed E-state index contributed by atoms with van der Waals surface area (Å²) in [6.45, 7) is 3.61. The quantitative estimate of drug-likeness (QED) is 0.550. The van der Waals surface area contributed by atoms with Crippen LogP contribution in [0.3, 0.4) is 0 Å². The van der Waals surface area contributed by atoms with E-state index in [0.717, 1.165) is 44.5 Å². The average molecular weight is 426 g/mol. The highest BCUT2D eigenvalue weighted by atomic mass is 35.5. The van der Waals surface area contributed by atoms with E-state index in [-0.39, 0.29) is 18.3 Å². The molecule has 1 aromatic carbocycles. The molecule has 0 fully saturated rings. The minimum absolute atomic E-state index is 0. The highest BCUT2D eigenvalue weighted by Gasteiger charge is 2.23. The molecule has 1 amide bonds. The standard InChI is InChI=1S/C19H23N3O2S2.ClH/c1-13-8-9-14(24-4)16-17(13)26-19(20-16)22(11-6-10-21(2)3)18(23)15-7-5-12-25-15;/h5,7-9,12H,6,10-11H2,1-4H3;1H. The lowest BCUT2D eigenvalue weighted by molar-refractivity contribution is 0.0990. The van der Waals surface area contributed by atoms with Crippen LogP contribution in [0, 0.1) is 6.92 Å². The molecular weight excluding hydrogens is 402 g/mol. The number of fused-ring (bicyclic) bond motifs is 1. The number of nitrogens with zero attached hydrogens (tertiary/aromatic N) is 3. The number of rotatable bonds is 7. The van der Waals surface area contributed by atoms with Crippen molar-refractivity contribution in [1.29, 1.82) is 0 Å². The van der Waals surface area contributed by atoms with E-state index in [4.69, 9.17) is 9.72 Å². The number of amides is 1. The molecule has 5 nitrogen and oxygen atoms in total. The summed E-state index contributed by atoms with van der Waals surface area (Å²) < 4.78 is 6.52. The molecular formula is C19H24ClN3O2S2. The molecule has 0 aliphatic carbocycles. The number of aryl methyl sites for hydroxylation is 1. The van der Waals surface area contributed by atoms with E-state index in [1.807, 2.05) is 43.7 Å². The zero-order valence-corrected chi connectivity index (χ0v) is 18.3. The van der Waals surface area contributed by atoms with Gasteiger partial charge in [-0.05, 0) is 57.1 Å². The van der Waals surface area contributed by atoms with E-state index >= 15 is 0 Å². The minimum atomic E-state index is 0. The number of carbonyl (C=O) groups is 1. The first-order valence-corrected chi connectivity index (χ1v) is 10.1. The molecule has 0 atom stereocenters. The lowest BCUT2D eigenvalue weighted by Gasteiger charge is -2.20. The summed E-state index contributed by atoms with van der Waals surface area (Å²) in [7, 11) is 5.73. The molecule has 0 radical (unpaired) electrons. The van der Waals surface area contributed by atoms with Gasteiger partial charge in [0.15, 0.2) is 5.13 Å². The van der Waals surface area contributed by atoms with Gasteiger partial charge in [-0.3, -0.25) is 9.69 Å². The Labute approximate surface area is 174 Å². The Morgan fingerprint density at radius 1 is 1.22 bits per heavy atom. The van der Waals surface area contributed by atoms with Crippen molar-refractivity contribution >= 4 is 56.3 Å². The Balaban J connectivity index is 0.00000261. The number of carbonyl (C=O) groups excluding carboxylic acids is 1. The number of hydrogen-bond donors (Lipinski definition) is 0. The van der Waals surface area contributed by atoms with Crippen LogP contribution in [0.2, 0.25) is 0 Å². The first kappa shape index (κ1) is 21.6. The topological polar surface area (TPSA) is 45.7 Å². The van der Waals surface area contributed by atoms with Crippen LogP contribution >= 0.6 is 35.1 Å². The minimum Gasteiger partial charge on any atom is -0.494 e.